The number of unbranched alkanes of at least 4 members (excludes halogenated alkanes) is 3. The summed E-state index contributed by atoms with van der Waals surface area (Å²) in [5.41, 5.74) is 1.05. The minimum atomic E-state index is 0.704. The lowest BCUT2D eigenvalue weighted by Gasteiger charge is -2.02. The fourth-order valence-electron chi connectivity index (χ4n) is 1.81. The first-order valence-corrected chi connectivity index (χ1v) is 6.64. The fraction of sp³-hybridized carbons (Fsp3) is 0.400. The third-order valence-corrected chi connectivity index (χ3v) is 2.83. The summed E-state index contributed by atoms with van der Waals surface area (Å²) in [6.07, 6.45) is 6.79. The van der Waals surface area contributed by atoms with Crippen molar-refractivity contribution in [3.63, 3.8) is 0 Å². The van der Waals surface area contributed by atoms with Gasteiger partial charge < -0.3 is 4.74 Å². The molecule has 0 atom stereocenters. The average Bonchev–Trinajstić information content (AvgIpc) is 2.88. The predicted octanol–water partition coefficient (Wildman–Crippen LogP) is 3.83. The maximum atomic E-state index is 5.62. The monoisotopic (exact) mass is 244 g/mol. The van der Waals surface area contributed by atoms with Gasteiger partial charge in [-0.15, -0.1) is 5.10 Å². The molecule has 0 unspecified atom stereocenters. The first-order valence-electron chi connectivity index (χ1n) is 6.64. The van der Waals surface area contributed by atoms with Crippen molar-refractivity contribution in [1.29, 1.82) is 0 Å². The van der Waals surface area contributed by atoms with E-state index in [1.54, 1.807) is 0 Å². The van der Waals surface area contributed by atoms with Crippen molar-refractivity contribution in [2.45, 2.75) is 32.6 Å². The van der Waals surface area contributed by atoms with E-state index in [4.69, 9.17) is 4.74 Å². The predicted molar refractivity (Wildman–Crippen MR) is 73.2 cm³/mol. The van der Waals surface area contributed by atoms with E-state index in [-0.39, 0.29) is 0 Å². The number of nitrogens with zero attached hydrogens (tertiary/aromatic N) is 2. The maximum Gasteiger partial charge on any atom is 0.233 e. The van der Waals surface area contributed by atoms with Crippen LogP contribution in [-0.4, -0.2) is 16.4 Å². The Bertz CT molecular complexity index is 451. The summed E-state index contributed by atoms with van der Waals surface area (Å²) in [5, 5.41) is 4.39. The summed E-state index contributed by atoms with van der Waals surface area (Å²) < 4.78 is 7.46. The standard InChI is InChI=1S/C15H20N2O/c1-2-3-4-8-13-18-15-11-12-17(16-15)14-9-6-5-7-10-14/h5-7,9-12H,2-4,8,13H2,1H3. The Kier molecular flexibility index (Phi) is 4.82. The number of para-hydroxylation sites is 1. The number of hydrogen-bond donors (Lipinski definition) is 0. The fourth-order valence-corrected chi connectivity index (χ4v) is 1.81. The second-order valence-corrected chi connectivity index (χ2v) is 4.34. The summed E-state index contributed by atoms with van der Waals surface area (Å²) in [6, 6.07) is 12.0. The molecule has 3 heteroatoms. The van der Waals surface area contributed by atoms with Crippen LogP contribution in [0.5, 0.6) is 5.88 Å². The largest absolute Gasteiger partial charge is 0.477 e. The Labute approximate surface area is 108 Å². The molecule has 18 heavy (non-hydrogen) atoms. The van der Waals surface area contributed by atoms with Crippen molar-refractivity contribution >= 4 is 0 Å². The number of hydrogen-bond acceptors (Lipinski definition) is 2. The van der Waals surface area contributed by atoms with Gasteiger partial charge in [0.15, 0.2) is 0 Å². The molecule has 0 bridgehead atoms. The molecule has 1 aromatic carbocycles. The molecule has 0 N–H and O–H groups in total. The highest BCUT2D eigenvalue weighted by molar-refractivity contribution is 5.31. The van der Waals surface area contributed by atoms with Crippen LogP contribution < -0.4 is 4.74 Å². The molecule has 1 aromatic heterocycles. The molecule has 3 nitrogen and oxygen atoms in total. The normalized spacial score (nSPS) is 10.5. The summed E-state index contributed by atoms with van der Waals surface area (Å²) in [7, 11) is 0. The van der Waals surface area contributed by atoms with Crippen molar-refractivity contribution in [1.82, 2.24) is 9.78 Å². The molecule has 0 aliphatic carbocycles. The van der Waals surface area contributed by atoms with Gasteiger partial charge in [0.25, 0.3) is 0 Å². The average molecular weight is 244 g/mol. The minimum absolute atomic E-state index is 0.704. The van der Waals surface area contributed by atoms with Gasteiger partial charge in [0.05, 0.1) is 12.3 Å². The van der Waals surface area contributed by atoms with E-state index in [9.17, 15) is 0 Å². The Morgan fingerprint density at radius 1 is 1.06 bits per heavy atom. The van der Waals surface area contributed by atoms with Crippen LogP contribution in [0, 0.1) is 0 Å². The van der Waals surface area contributed by atoms with Gasteiger partial charge in [-0.3, -0.25) is 0 Å². The molecule has 0 saturated heterocycles. The van der Waals surface area contributed by atoms with Gasteiger partial charge in [0.2, 0.25) is 5.88 Å². The van der Waals surface area contributed by atoms with Crippen LogP contribution in [0.3, 0.4) is 0 Å². The summed E-state index contributed by atoms with van der Waals surface area (Å²) in [5.74, 6) is 0.704. The number of aromatic nitrogens is 2. The van der Waals surface area contributed by atoms with E-state index >= 15 is 0 Å². The Balaban J connectivity index is 1.83. The van der Waals surface area contributed by atoms with E-state index in [0.717, 1.165) is 18.7 Å². The van der Waals surface area contributed by atoms with E-state index in [2.05, 4.69) is 12.0 Å². The van der Waals surface area contributed by atoms with Crippen molar-refractivity contribution in [3.8, 4) is 11.6 Å². The molecule has 0 aliphatic rings. The lowest BCUT2D eigenvalue weighted by atomic mass is 10.2. The quantitative estimate of drug-likeness (QED) is 0.692. The molecule has 0 radical (unpaired) electrons. The van der Waals surface area contributed by atoms with Gasteiger partial charge in [0.1, 0.15) is 0 Å². The molecule has 0 spiro atoms. The van der Waals surface area contributed by atoms with Crippen molar-refractivity contribution in [3.05, 3.63) is 42.6 Å². The Hall–Kier alpha value is -1.77. The van der Waals surface area contributed by atoms with Crippen molar-refractivity contribution < 1.29 is 4.74 Å². The van der Waals surface area contributed by atoms with Crippen LogP contribution in [0.4, 0.5) is 0 Å². The van der Waals surface area contributed by atoms with Gasteiger partial charge in [-0.1, -0.05) is 44.4 Å². The highest BCUT2D eigenvalue weighted by atomic mass is 16.5. The van der Waals surface area contributed by atoms with Crippen LogP contribution in [0.25, 0.3) is 5.69 Å². The van der Waals surface area contributed by atoms with Crippen LogP contribution in [0.2, 0.25) is 0 Å². The van der Waals surface area contributed by atoms with Crippen LogP contribution >= 0.6 is 0 Å². The van der Waals surface area contributed by atoms with E-state index in [1.807, 2.05) is 47.3 Å². The third kappa shape index (κ3) is 3.62. The molecule has 0 saturated carbocycles. The molecule has 0 amide bonds. The maximum absolute atomic E-state index is 5.62. The molecule has 1 heterocycles. The highest BCUT2D eigenvalue weighted by Gasteiger charge is 2.01. The number of benzene rings is 1. The topological polar surface area (TPSA) is 27.1 Å². The minimum Gasteiger partial charge on any atom is -0.477 e. The number of ether oxygens (including phenoxy) is 1. The van der Waals surface area contributed by atoms with Gasteiger partial charge >= 0.3 is 0 Å². The molecule has 0 fully saturated rings. The molecule has 96 valence electrons. The lowest BCUT2D eigenvalue weighted by Crippen LogP contribution is -1.99. The third-order valence-electron chi connectivity index (χ3n) is 2.83. The smallest absolute Gasteiger partial charge is 0.233 e. The van der Waals surface area contributed by atoms with E-state index < -0.39 is 0 Å². The molecular formula is C15H20N2O. The van der Waals surface area contributed by atoms with Gasteiger partial charge in [-0.2, -0.15) is 0 Å². The second-order valence-electron chi connectivity index (χ2n) is 4.34. The Morgan fingerprint density at radius 2 is 1.89 bits per heavy atom. The summed E-state index contributed by atoms with van der Waals surface area (Å²) in [6.45, 7) is 2.97. The van der Waals surface area contributed by atoms with Crippen LogP contribution in [0.15, 0.2) is 42.6 Å². The molecule has 2 aromatic rings. The van der Waals surface area contributed by atoms with E-state index in [1.165, 1.54) is 19.3 Å². The summed E-state index contributed by atoms with van der Waals surface area (Å²) >= 11 is 0. The van der Waals surface area contributed by atoms with Crippen LogP contribution in [-0.2, 0) is 0 Å². The zero-order valence-corrected chi connectivity index (χ0v) is 10.9. The second kappa shape index (κ2) is 6.84. The lowest BCUT2D eigenvalue weighted by molar-refractivity contribution is 0.292. The zero-order valence-electron chi connectivity index (χ0n) is 10.9. The van der Waals surface area contributed by atoms with Crippen molar-refractivity contribution in [2.24, 2.45) is 0 Å². The first kappa shape index (κ1) is 12.7. The highest BCUT2D eigenvalue weighted by Crippen LogP contribution is 2.12. The molecule has 0 aliphatic heterocycles. The van der Waals surface area contributed by atoms with Crippen molar-refractivity contribution in [2.75, 3.05) is 6.61 Å². The number of rotatable bonds is 7. The van der Waals surface area contributed by atoms with Gasteiger partial charge in [-0.25, -0.2) is 4.68 Å². The van der Waals surface area contributed by atoms with Gasteiger partial charge in [0, 0.05) is 12.3 Å². The summed E-state index contributed by atoms with van der Waals surface area (Å²) in [4.78, 5) is 0. The molecular weight excluding hydrogens is 224 g/mol. The first-order chi connectivity index (χ1) is 8.90. The molecule has 2 rings (SSSR count). The Morgan fingerprint density at radius 3 is 2.67 bits per heavy atom. The zero-order chi connectivity index (χ0) is 12.6. The SMILES string of the molecule is CCCCCCOc1ccn(-c2ccccc2)n1. The van der Waals surface area contributed by atoms with E-state index in [0.29, 0.717) is 5.88 Å². The van der Waals surface area contributed by atoms with Gasteiger partial charge in [-0.05, 0) is 18.6 Å². The van der Waals surface area contributed by atoms with Crippen LogP contribution in [0.1, 0.15) is 32.6 Å².